The molecule has 0 saturated carbocycles. The highest BCUT2D eigenvalue weighted by molar-refractivity contribution is 5.73. The van der Waals surface area contributed by atoms with Crippen molar-refractivity contribution < 1.29 is 19.0 Å². The minimum absolute atomic E-state index is 0.0842. The Morgan fingerprint density at radius 3 is 2.94 bits per heavy atom. The molecule has 92 valence electrons. The van der Waals surface area contributed by atoms with Gasteiger partial charge in [-0.2, -0.15) is 0 Å². The predicted octanol–water partition coefficient (Wildman–Crippen LogP) is 1.33. The van der Waals surface area contributed by atoms with Crippen LogP contribution in [0.5, 0.6) is 0 Å². The molecule has 0 amide bonds. The number of rotatable bonds is 2. The second kappa shape index (κ2) is 4.81. The lowest BCUT2D eigenvalue weighted by Gasteiger charge is -2.34. The van der Waals surface area contributed by atoms with E-state index in [4.69, 9.17) is 9.84 Å². The fourth-order valence-corrected chi connectivity index (χ4v) is 2.01. The summed E-state index contributed by atoms with van der Waals surface area (Å²) in [4.78, 5) is 10.8. The SMILES string of the molecule is CC1NC(C(=O)O)COC1c1cccc(F)c1. The molecule has 1 saturated heterocycles. The molecule has 0 aliphatic carbocycles. The summed E-state index contributed by atoms with van der Waals surface area (Å²) in [5, 5.41) is 11.8. The van der Waals surface area contributed by atoms with E-state index in [0.29, 0.717) is 5.56 Å². The number of halogens is 1. The molecule has 1 aromatic rings. The van der Waals surface area contributed by atoms with Gasteiger partial charge in [0.2, 0.25) is 0 Å². The monoisotopic (exact) mass is 239 g/mol. The maximum Gasteiger partial charge on any atom is 0.323 e. The average Bonchev–Trinajstić information content (AvgIpc) is 2.28. The lowest BCUT2D eigenvalue weighted by Crippen LogP contribution is -2.52. The molecule has 2 N–H and O–H groups in total. The van der Waals surface area contributed by atoms with Gasteiger partial charge in [-0.05, 0) is 24.6 Å². The quantitative estimate of drug-likeness (QED) is 0.817. The molecule has 2 rings (SSSR count). The Labute approximate surface area is 98.4 Å². The molecule has 4 nitrogen and oxygen atoms in total. The lowest BCUT2D eigenvalue weighted by atomic mass is 10.0. The van der Waals surface area contributed by atoms with Crippen LogP contribution in [0.15, 0.2) is 24.3 Å². The molecule has 3 unspecified atom stereocenters. The molecule has 1 fully saturated rings. The van der Waals surface area contributed by atoms with Gasteiger partial charge in [-0.1, -0.05) is 12.1 Å². The van der Waals surface area contributed by atoms with Gasteiger partial charge in [0.1, 0.15) is 11.9 Å². The molecule has 0 bridgehead atoms. The first-order valence-electron chi connectivity index (χ1n) is 5.44. The van der Waals surface area contributed by atoms with E-state index in [1.165, 1.54) is 12.1 Å². The van der Waals surface area contributed by atoms with E-state index in [-0.39, 0.29) is 24.6 Å². The van der Waals surface area contributed by atoms with Gasteiger partial charge in [0.25, 0.3) is 0 Å². The molecule has 0 radical (unpaired) electrons. The van der Waals surface area contributed by atoms with Crippen molar-refractivity contribution in [2.24, 2.45) is 0 Å². The van der Waals surface area contributed by atoms with Crippen molar-refractivity contribution in [3.8, 4) is 0 Å². The zero-order chi connectivity index (χ0) is 12.4. The highest BCUT2D eigenvalue weighted by Gasteiger charge is 2.32. The highest BCUT2D eigenvalue weighted by atomic mass is 19.1. The predicted molar refractivity (Wildman–Crippen MR) is 59.1 cm³/mol. The fraction of sp³-hybridized carbons (Fsp3) is 0.417. The molecule has 1 aliphatic heterocycles. The van der Waals surface area contributed by atoms with Gasteiger partial charge < -0.3 is 9.84 Å². The summed E-state index contributed by atoms with van der Waals surface area (Å²) in [6, 6.07) is 5.28. The van der Waals surface area contributed by atoms with E-state index in [1.54, 1.807) is 12.1 Å². The number of carbonyl (C=O) groups is 1. The molecule has 0 spiro atoms. The van der Waals surface area contributed by atoms with Crippen molar-refractivity contribution in [3.05, 3.63) is 35.6 Å². The average molecular weight is 239 g/mol. The van der Waals surface area contributed by atoms with Gasteiger partial charge in [0.05, 0.1) is 12.7 Å². The zero-order valence-electron chi connectivity index (χ0n) is 9.39. The number of ether oxygens (including phenoxy) is 1. The van der Waals surface area contributed by atoms with Gasteiger partial charge in [-0.25, -0.2) is 4.39 Å². The Kier molecular flexibility index (Phi) is 3.40. The summed E-state index contributed by atoms with van der Waals surface area (Å²) in [5.74, 6) is -1.26. The van der Waals surface area contributed by atoms with Crippen LogP contribution >= 0.6 is 0 Å². The topological polar surface area (TPSA) is 58.6 Å². The van der Waals surface area contributed by atoms with Crippen LogP contribution in [0.2, 0.25) is 0 Å². The minimum atomic E-state index is -0.936. The zero-order valence-corrected chi connectivity index (χ0v) is 9.39. The molecule has 1 heterocycles. The molecule has 3 atom stereocenters. The Balaban J connectivity index is 2.12. The number of benzene rings is 1. The van der Waals surface area contributed by atoms with Crippen LogP contribution in [0, 0.1) is 5.82 Å². The first-order chi connectivity index (χ1) is 8.08. The van der Waals surface area contributed by atoms with E-state index in [0.717, 1.165) is 0 Å². The van der Waals surface area contributed by atoms with Gasteiger partial charge in [0, 0.05) is 6.04 Å². The molecule has 0 aromatic heterocycles. The van der Waals surface area contributed by atoms with Crippen LogP contribution in [0.3, 0.4) is 0 Å². The van der Waals surface area contributed by atoms with Gasteiger partial charge in [-0.3, -0.25) is 10.1 Å². The van der Waals surface area contributed by atoms with Crippen LogP contribution in [0.1, 0.15) is 18.6 Å². The minimum Gasteiger partial charge on any atom is -0.480 e. The number of aliphatic carboxylic acids is 1. The number of hydrogen-bond donors (Lipinski definition) is 2. The Morgan fingerprint density at radius 2 is 2.35 bits per heavy atom. The summed E-state index contributed by atoms with van der Waals surface area (Å²) in [6.07, 6.45) is -0.318. The Bertz CT molecular complexity index is 424. The molecule has 17 heavy (non-hydrogen) atoms. The summed E-state index contributed by atoms with van der Waals surface area (Å²) in [6.45, 7) is 1.91. The van der Waals surface area contributed by atoms with E-state index in [2.05, 4.69) is 5.32 Å². The van der Waals surface area contributed by atoms with Crippen molar-refractivity contribution in [2.45, 2.75) is 25.1 Å². The smallest absolute Gasteiger partial charge is 0.323 e. The largest absolute Gasteiger partial charge is 0.480 e. The molecule has 5 heteroatoms. The van der Waals surface area contributed by atoms with Crippen molar-refractivity contribution >= 4 is 5.97 Å². The summed E-state index contributed by atoms with van der Waals surface area (Å²) in [5.41, 5.74) is 0.717. The van der Waals surface area contributed by atoms with Gasteiger partial charge in [-0.15, -0.1) is 0 Å². The Morgan fingerprint density at radius 1 is 1.59 bits per heavy atom. The Hall–Kier alpha value is -1.46. The summed E-state index contributed by atoms with van der Waals surface area (Å²) >= 11 is 0. The lowest BCUT2D eigenvalue weighted by molar-refractivity contribution is -0.145. The van der Waals surface area contributed by atoms with Crippen LogP contribution in [-0.4, -0.2) is 29.8 Å². The third-order valence-corrected chi connectivity index (χ3v) is 2.84. The molecular weight excluding hydrogens is 225 g/mol. The third-order valence-electron chi connectivity index (χ3n) is 2.84. The maximum absolute atomic E-state index is 13.1. The number of nitrogens with one attached hydrogen (secondary N) is 1. The van der Waals surface area contributed by atoms with E-state index in [1.807, 2.05) is 6.92 Å². The second-order valence-corrected chi connectivity index (χ2v) is 4.16. The van der Waals surface area contributed by atoms with Crippen LogP contribution in [0.4, 0.5) is 4.39 Å². The van der Waals surface area contributed by atoms with Crippen LogP contribution in [0.25, 0.3) is 0 Å². The fourth-order valence-electron chi connectivity index (χ4n) is 2.01. The van der Waals surface area contributed by atoms with Crippen molar-refractivity contribution in [2.75, 3.05) is 6.61 Å². The number of hydrogen-bond acceptors (Lipinski definition) is 3. The van der Waals surface area contributed by atoms with Crippen molar-refractivity contribution in [1.82, 2.24) is 5.32 Å². The molecule has 1 aliphatic rings. The van der Waals surface area contributed by atoms with Crippen LogP contribution in [-0.2, 0) is 9.53 Å². The summed E-state index contributed by atoms with van der Waals surface area (Å²) in [7, 11) is 0. The number of carboxylic acid groups (broad SMARTS) is 1. The van der Waals surface area contributed by atoms with Crippen molar-refractivity contribution in [1.29, 1.82) is 0 Å². The first-order valence-corrected chi connectivity index (χ1v) is 5.44. The second-order valence-electron chi connectivity index (χ2n) is 4.16. The van der Waals surface area contributed by atoms with E-state index < -0.39 is 12.0 Å². The van der Waals surface area contributed by atoms with Gasteiger partial charge >= 0.3 is 5.97 Å². The molecular formula is C12H14FNO3. The maximum atomic E-state index is 13.1. The molecule has 1 aromatic carbocycles. The summed E-state index contributed by atoms with van der Waals surface area (Å²) < 4.78 is 18.6. The van der Waals surface area contributed by atoms with Crippen LogP contribution < -0.4 is 5.32 Å². The standard InChI is InChI=1S/C12H14FNO3/c1-7-11(8-3-2-4-9(13)5-8)17-6-10(14-7)12(15)16/h2-5,7,10-11,14H,6H2,1H3,(H,15,16). The van der Waals surface area contributed by atoms with E-state index >= 15 is 0 Å². The normalized spacial score (nSPS) is 28.9. The number of carboxylic acids is 1. The highest BCUT2D eigenvalue weighted by Crippen LogP contribution is 2.25. The van der Waals surface area contributed by atoms with Crippen molar-refractivity contribution in [3.63, 3.8) is 0 Å². The third kappa shape index (κ3) is 2.62. The first kappa shape index (κ1) is 12.0. The number of morpholine rings is 1. The van der Waals surface area contributed by atoms with Gasteiger partial charge in [0.15, 0.2) is 0 Å². The van der Waals surface area contributed by atoms with E-state index in [9.17, 15) is 9.18 Å².